The molecule has 0 aliphatic heterocycles. The third kappa shape index (κ3) is 2.05. The number of benzene rings is 1. The molecule has 0 aliphatic carbocycles. The fourth-order valence-electron chi connectivity index (χ4n) is 1.63. The van der Waals surface area contributed by atoms with E-state index in [9.17, 15) is 4.79 Å². The van der Waals surface area contributed by atoms with Gasteiger partial charge in [0.05, 0.1) is 17.5 Å². The zero-order valence-electron chi connectivity index (χ0n) is 9.32. The highest BCUT2D eigenvalue weighted by Crippen LogP contribution is 2.18. The lowest BCUT2D eigenvalue weighted by Gasteiger charge is -1.96. The largest absolute Gasteiger partial charge is 0.481 e. The Balaban J connectivity index is 2.41. The topological polar surface area (TPSA) is 66.0 Å². The average Bonchev–Trinajstić information content (AvgIpc) is 2.59. The molecule has 1 heterocycles. The molecule has 4 heteroatoms. The Bertz CT molecular complexity index is 529. The van der Waals surface area contributed by atoms with Gasteiger partial charge >= 0.3 is 5.97 Å². The summed E-state index contributed by atoms with van der Waals surface area (Å²) < 4.78 is 0. The van der Waals surface area contributed by atoms with Gasteiger partial charge in [-0.2, -0.15) is 0 Å². The van der Waals surface area contributed by atoms with Gasteiger partial charge in [-0.15, -0.1) is 0 Å². The highest BCUT2D eigenvalue weighted by molar-refractivity contribution is 5.78. The monoisotopic (exact) mass is 218 g/mol. The maximum absolute atomic E-state index is 10.6. The second-order valence-electron chi connectivity index (χ2n) is 4.20. The number of hydrogen-bond donors (Lipinski definition) is 2. The summed E-state index contributed by atoms with van der Waals surface area (Å²) >= 11 is 0. The lowest BCUT2D eigenvalue weighted by molar-refractivity contribution is -0.136. The van der Waals surface area contributed by atoms with E-state index in [2.05, 4.69) is 23.8 Å². The number of aliphatic carboxylic acids is 1. The van der Waals surface area contributed by atoms with Crippen molar-refractivity contribution >= 4 is 17.0 Å². The van der Waals surface area contributed by atoms with Crippen LogP contribution in [0.15, 0.2) is 18.2 Å². The van der Waals surface area contributed by atoms with Crippen molar-refractivity contribution in [2.75, 3.05) is 0 Å². The van der Waals surface area contributed by atoms with Gasteiger partial charge in [-0.3, -0.25) is 4.79 Å². The predicted octanol–water partition coefficient (Wildman–Crippen LogP) is 2.31. The molecule has 0 saturated heterocycles. The normalized spacial score (nSPS) is 11.2. The number of aromatic amines is 1. The first kappa shape index (κ1) is 10.7. The molecule has 0 aliphatic rings. The number of rotatable bonds is 3. The molecule has 0 fully saturated rings. The molecule has 0 bridgehead atoms. The summed E-state index contributed by atoms with van der Waals surface area (Å²) in [5.74, 6) is 0.459. The first-order chi connectivity index (χ1) is 7.56. The molecule has 84 valence electrons. The fourth-order valence-corrected chi connectivity index (χ4v) is 1.63. The van der Waals surface area contributed by atoms with Crippen LogP contribution in [-0.2, 0) is 11.2 Å². The predicted molar refractivity (Wildman–Crippen MR) is 61.5 cm³/mol. The van der Waals surface area contributed by atoms with Crippen LogP contribution in [-0.4, -0.2) is 21.0 Å². The molecule has 16 heavy (non-hydrogen) atoms. The van der Waals surface area contributed by atoms with Gasteiger partial charge in [0.15, 0.2) is 0 Å². The molecule has 2 rings (SSSR count). The van der Waals surface area contributed by atoms with Crippen LogP contribution in [0, 0.1) is 0 Å². The number of hydrogen-bond acceptors (Lipinski definition) is 2. The molecule has 2 N–H and O–H groups in total. The molecule has 0 atom stereocenters. The standard InChI is InChI=1S/C12H14N2O2/c1-7(2)12-13-9-4-3-8(6-11(15)16)5-10(9)14-12/h3-5,7H,6H2,1-2H3,(H,13,14)(H,15,16). The number of imidazole rings is 1. The van der Waals surface area contributed by atoms with Crippen molar-refractivity contribution in [1.29, 1.82) is 0 Å². The van der Waals surface area contributed by atoms with Crippen molar-refractivity contribution in [3.8, 4) is 0 Å². The van der Waals surface area contributed by atoms with E-state index in [-0.39, 0.29) is 6.42 Å². The number of nitrogens with one attached hydrogen (secondary N) is 1. The first-order valence-corrected chi connectivity index (χ1v) is 5.26. The summed E-state index contributed by atoms with van der Waals surface area (Å²) in [7, 11) is 0. The zero-order valence-corrected chi connectivity index (χ0v) is 9.32. The minimum atomic E-state index is -0.817. The molecular weight excluding hydrogens is 204 g/mol. The number of carbonyl (C=O) groups is 1. The van der Waals surface area contributed by atoms with E-state index in [1.54, 1.807) is 6.07 Å². The van der Waals surface area contributed by atoms with Crippen molar-refractivity contribution in [2.24, 2.45) is 0 Å². The van der Waals surface area contributed by atoms with Crippen LogP contribution in [0.2, 0.25) is 0 Å². The van der Waals surface area contributed by atoms with Crippen LogP contribution in [0.4, 0.5) is 0 Å². The minimum absolute atomic E-state index is 0.0476. The maximum Gasteiger partial charge on any atom is 0.307 e. The van der Waals surface area contributed by atoms with E-state index in [1.807, 2.05) is 12.1 Å². The lowest BCUT2D eigenvalue weighted by atomic mass is 10.1. The van der Waals surface area contributed by atoms with Crippen LogP contribution in [0.25, 0.3) is 11.0 Å². The fraction of sp³-hybridized carbons (Fsp3) is 0.333. The molecule has 4 nitrogen and oxygen atoms in total. The quantitative estimate of drug-likeness (QED) is 0.830. The SMILES string of the molecule is CC(C)c1nc2ccc(CC(=O)O)cc2[nH]1. The third-order valence-corrected chi connectivity index (χ3v) is 2.47. The van der Waals surface area contributed by atoms with E-state index in [4.69, 9.17) is 5.11 Å². The Morgan fingerprint density at radius 2 is 2.25 bits per heavy atom. The van der Waals surface area contributed by atoms with Gasteiger partial charge in [0, 0.05) is 5.92 Å². The van der Waals surface area contributed by atoms with Crippen molar-refractivity contribution in [3.63, 3.8) is 0 Å². The number of carboxylic acid groups (broad SMARTS) is 1. The van der Waals surface area contributed by atoms with Crippen LogP contribution >= 0.6 is 0 Å². The van der Waals surface area contributed by atoms with Crippen LogP contribution in [0.1, 0.15) is 31.2 Å². The van der Waals surface area contributed by atoms with E-state index < -0.39 is 5.97 Å². The zero-order chi connectivity index (χ0) is 11.7. The number of nitrogens with zero attached hydrogens (tertiary/aromatic N) is 1. The number of H-pyrrole nitrogens is 1. The molecule has 2 aromatic rings. The van der Waals surface area contributed by atoms with Crippen molar-refractivity contribution in [1.82, 2.24) is 9.97 Å². The van der Waals surface area contributed by atoms with Gasteiger partial charge < -0.3 is 10.1 Å². The van der Waals surface area contributed by atoms with Crippen molar-refractivity contribution in [2.45, 2.75) is 26.2 Å². The Kier molecular flexibility index (Phi) is 2.64. The van der Waals surface area contributed by atoms with Gasteiger partial charge in [-0.25, -0.2) is 4.98 Å². The van der Waals surface area contributed by atoms with Gasteiger partial charge in [0.25, 0.3) is 0 Å². The van der Waals surface area contributed by atoms with Gasteiger partial charge in [-0.05, 0) is 17.7 Å². The van der Waals surface area contributed by atoms with Crippen molar-refractivity contribution in [3.05, 3.63) is 29.6 Å². The summed E-state index contributed by atoms with van der Waals surface area (Å²) in [5, 5.41) is 8.71. The average molecular weight is 218 g/mol. The second-order valence-corrected chi connectivity index (χ2v) is 4.20. The molecular formula is C12H14N2O2. The molecule has 1 aromatic carbocycles. The highest BCUT2D eigenvalue weighted by atomic mass is 16.4. The highest BCUT2D eigenvalue weighted by Gasteiger charge is 2.07. The summed E-state index contributed by atoms with van der Waals surface area (Å²) in [6.07, 6.45) is 0.0476. The van der Waals surface area contributed by atoms with E-state index in [1.165, 1.54) is 0 Å². The maximum atomic E-state index is 10.6. The molecule has 0 unspecified atom stereocenters. The molecule has 0 saturated carbocycles. The first-order valence-electron chi connectivity index (χ1n) is 5.26. The Hall–Kier alpha value is -1.84. The summed E-state index contributed by atoms with van der Waals surface area (Å²) in [6.45, 7) is 4.13. The van der Waals surface area contributed by atoms with E-state index in [0.29, 0.717) is 5.92 Å². The molecule has 1 aromatic heterocycles. The minimum Gasteiger partial charge on any atom is -0.481 e. The lowest BCUT2D eigenvalue weighted by Crippen LogP contribution is -1.99. The summed E-state index contributed by atoms with van der Waals surface area (Å²) in [5.41, 5.74) is 2.58. The Morgan fingerprint density at radius 1 is 1.50 bits per heavy atom. The summed E-state index contributed by atoms with van der Waals surface area (Å²) in [6, 6.07) is 5.51. The smallest absolute Gasteiger partial charge is 0.307 e. The third-order valence-electron chi connectivity index (χ3n) is 2.47. The number of aromatic nitrogens is 2. The molecule has 0 radical (unpaired) electrons. The van der Waals surface area contributed by atoms with Crippen LogP contribution in [0.5, 0.6) is 0 Å². The van der Waals surface area contributed by atoms with E-state index >= 15 is 0 Å². The number of carboxylic acids is 1. The molecule has 0 spiro atoms. The van der Waals surface area contributed by atoms with Gasteiger partial charge in [-0.1, -0.05) is 19.9 Å². The van der Waals surface area contributed by atoms with Crippen LogP contribution < -0.4 is 0 Å². The second kappa shape index (κ2) is 3.96. The Morgan fingerprint density at radius 3 is 2.88 bits per heavy atom. The van der Waals surface area contributed by atoms with Crippen molar-refractivity contribution < 1.29 is 9.90 Å². The number of fused-ring (bicyclic) bond motifs is 1. The van der Waals surface area contributed by atoms with E-state index in [0.717, 1.165) is 22.4 Å². The van der Waals surface area contributed by atoms with Crippen LogP contribution in [0.3, 0.4) is 0 Å². The summed E-state index contributed by atoms with van der Waals surface area (Å²) in [4.78, 5) is 18.2. The van der Waals surface area contributed by atoms with Gasteiger partial charge in [0.1, 0.15) is 5.82 Å². The Labute approximate surface area is 93.3 Å². The molecule has 0 amide bonds. The van der Waals surface area contributed by atoms with Gasteiger partial charge in [0.2, 0.25) is 0 Å².